The number of amides is 1. The minimum absolute atomic E-state index is 0.391. The van der Waals surface area contributed by atoms with Crippen molar-refractivity contribution in [1.82, 2.24) is 0 Å². The van der Waals surface area contributed by atoms with E-state index in [1.54, 1.807) is 36.4 Å². The fourth-order valence-corrected chi connectivity index (χ4v) is 2.85. The second-order valence-electron chi connectivity index (χ2n) is 5.89. The number of nitrogens with one attached hydrogen (secondary N) is 1. The van der Waals surface area contributed by atoms with Gasteiger partial charge in [0.1, 0.15) is 0 Å². The number of anilines is 2. The number of rotatable bonds is 8. The van der Waals surface area contributed by atoms with E-state index in [1.807, 2.05) is 12.1 Å². The van der Waals surface area contributed by atoms with Gasteiger partial charge in [-0.2, -0.15) is 10.2 Å². The topological polar surface area (TPSA) is 74.1 Å². The van der Waals surface area contributed by atoms with Crippen molar-refractivity contribution in [1.29, 1.82) is 0 Å². The smallest absolute Gasteiger partial charge is 0.258 e. The molecule has 2 aromatic rings. The summed E-state index contributed by atoms with van der Waals surface area (Å²) in [6.45, 7) is 7.09. The highest BCUT2D eigenvalue weighted by Gasteiger charge is 2.23. The molecule has 0 aliphatic carbocycles. The molecule has 0 aromatic heterocycles. The third-order valence-electron chi connectivity index (χ3n) is 4.00. The van der Waals surface area contributed by atoms with Gasteiger partial charge in [0.25, 0.3) is 5.91 Å². The third kappa shape index (κ3) is 5.62. The molecule has 2 aromatic carbocycles. The van der Waals surface area contributed by atoms with Crippen LogP contribution in [0, 0.1) is 0 Å². The molecule has 0 aliphatic rings. The van der Waals surface area contributed by atoms with E-state index in [0.717, 1.165) is 18.8 Å². The van der Waals surface area contributed by atoms with Gasteiger partial charge >= 0.3 is 0 Å². The number of nitrogens with zero attached hydrogens (tertiary/aromatic N) is 3. The largest absolute Gasteiger partial charge is 0.371 e. The van der Waals surface area contributed by atoms with Gasteiger partial charge in [0, 0.05) is 18.8 Å². The summed E-state index contributed by atoms with van der Waals surface area (Å²) in [7, 11) is 0. The number of ketones is 1. The fraction of sp³-hybridized carbons (Fsp3) is 0.300. The Bertz CT molecular complexity index is 820. The van der Waals surface area contributed by atoms with E-state index in [4.69, 9.17) is 11.6 Å². The van der Waals surface area contributed by atoms with Crippen LogP contribution < -0.4 is 10.2 Å². The molecular formula is C20H23ClN4O2. The standard InChI is InChI=1S/C20H23ClN4O2/c1-4-25(5-2)18-12-11-16(13-17(18)21)23-24-19(14(3)26)20(27)22-15-9-7-6-8-10-15/h6-13,19H,4-5H2,1-3H3,(H,22,27). The Morgan fingerprint density at radius 3 is 2.33 bits per heavy atom. The van der Waals surface area contributed by atoms with Crippen molar-refractivity contribution >= 4 is 40.4 Å². The fourth-order valence-electron chi connectivity index (χ4n) is 2.55. The first-order valence-corrected chi connectivity index (χ1v) is 9.15. The maximum absolute atomic E-state index is 12.3. The molecule has 0 heterocycles. The number of halogens is 1. The van der Waals surface area contributed by atoms with Crippen LogP contribution in [-0.4, -0.2) is 30.8 Å². The minimum atomic E-state index is -1.22. The van der Waals surface area contributed by atoms with Crippen LogP contribution in [-0.2, 0) is 9.59 Å². The third-order valence-corrected chi connectivity index (χ3v) is 4.30. The average Bonchev–Trinajstić information content (AvgIpc) is 2.65. The molecule has 27 heavy (non-hydrogen) atoms. The molecule has 0 saturated carbocycles. The quantitative estimate of drug-likeness (QED) is 0.519. The Morgan fingerprint density at radius 1 is 1.11 bits per heavy atom. The van der Waals surface area contributed by atoms with Crippen molar-refractivity contribution in [2.45, 2.75) is 26.8 Å². The second-order valence-corrected chi connectivity index (χ2v) is 6.30. The number of para-hydroxylation sites is 1. The van der Waals surface area contributed by atoms with Gasteiger partial charge in [0.2, 0.25) is 6.04 Å². The van der Waals surface area contributed by atoms with Crippen LogP contribution in [0.15, 0.2) is 58.8 Å². The van der Waals surface area contributed by atoms with E-state index >= 15 is 0 Å². The number of azo groups is 1. The monoisotopic (exact) mass is 386 g/mol. The Balaban J connectivity index is 2.16. The molecule has 1 atom stereocenters. The van der Waals surface area contributed by atoms with E-state index in [-0.39, 0.29) is 0 Å². The lowest BCUT2D eigenvalue weighted by Gasteiger charge is -2.22. The first kappa shape index (κ1) is 20.6. The van der Waals surface area contributed by atoms with Gasteiger partial charge in [0.05, 0.1) is 16.4 Å². The highest BCUT2D eigenvalue weighted by atomic mass is 35.5. The molecule has 0 bridgehead atoms. The molecular weight excluding hydrogens is 364 g/mol. The summed E-state index contributed by atoms with van der Waals surface area (Å²) in [5.41, 5.74) is 1.98. The Labute approximate surface area is 164 Å². The average molecular weight is 387 g/mol. The van der Waals surface area contributed by atoms with Crippen molar-refractivity contribution in [3.05, 3.63) is 53.6 Å². The zero-order valence-corrected chi connectivity index (χ0v) is 16.4. The van der Waals surface area contributed by atoms with E-state index in [2.05, 4.69) is 34.3 Å². The van der Waals surface area contributed by atoms with Gasteiger partial charge in [0.15, 0.2) is 5.78 Å². The second kappa shape index (κ2) is 9.83. The molecule has 2 rings (SSSR count). The molecule has 0 fully saturated rings. The molecule has 7 heteroatoms. The highest BCUT2D eigenvalue weighted by molar-refractivity contribution is 6.33. The molecule has 0 spiro atoms. The number of carbonyl (C=O) groups is 2. The molecule has 0 saturated heterocycles. The minimum Gasteiger partial charge on any atom is -0.371 e. The molecule has 6 nitrogen and oxygen atoms in total. The first-order chi connectivity index (χ1) is 13.0. The van der Waals surface area contributed by atoms with Gasteiger partial charge in [-0.15, -0.1) is 0 Å². The van der Waals surface area contributed by atoms with Crippen molar-refractivity contribution < 1.29 is 9.59 Å². The van der Waals surface area contributed by atoms with Crippen LogP contribution in [0.1, 0.15) is 20.8 Å². The molecule has 0 aliphatic heterocycles. The van der Waals surface area contributed by atoms with Crippen molar-refractivity contribution in [2.75, 3.05) is 23.3 Å². The number of hydrogen-bond donors (Lipinski definition) is 1. The molecule has 1 N–H and O–H groups in total. The van der Waals surface area contributed by atoms with Gasteiger partial charge in [-0.3, -0.25) is 9.59 Å². The normalized spacial score (nSPS) is 12.0. The Kier molecular flexibility index (Phi) is 7.49. The number of carbonyl (C=O) groups excluding carboxylic acids is 2. The summed E-state index contributed by atoms with van der Waals surface area (Å²) in [5, 5.41) is 11.2. The van der Waals surface area contributed by atoms with Crippen LogP contribution in [0.4, 0.5) is 17.1 Å². The maximum atomic E-state index is 12.3. The van der Waals surface area contributed by atoms with E-state index in [9.17, 15) is 9.59 Å². The van der Waals surface area contributed by atoms with Gasteiger partial charge in [-0.05, 0) is 51.1 Å². The number of hydrogen-bond acceptors (Lipinski definition) is 5. The molecule has 0 radical (unpaired) electrons. The lowest BCUT2D eigenvalue weighted by atomic mass is 10.2. The van der Waals surface area contributed by atoms with Crippen LogP contribution in [0.2, 0.25) is 5.02 Å². The SMILES string of the molecule is CCN(CC)c1ccc(N=NC(C(C)=O)C(=O)Nc2ccccc2)cc1Cl. The lowest BCUT2D eigenvalue weighted by Crippen LogP contribution is -2.31. The molecule has 1 amide bonds. The molecule has 142 valence electrons. The number of benzene rings is 2. The predicted octanol–water partition coefficient (Wildman–Crippen LogP) is 4.87. The first-order valence-electron chi connectivity index (χ1n) is 8.78. The van der Waals surface area contributed by atoms with Crippen molar-refractivity contribution in [3.63, 3.8) is 0 Å². The zero-order valence-electron chi connectivity index (χ0n) is 15.6. The predicted molar refractivity (Wildman–Crippen MR) is 109 cm³/mol. The van der Waals surface area contributed by atoms with E-state index in [1.165, 1.54) is 6.92 Å². The van der Waals surface area contributed by atoms with Crippen LogP contribution >= 0.6 is 11.6 Å². The van der Waals surface area contributed by atoms with E-state index < -0.39 is 17.7 Å². The summed E-state index contributed by atoms with van der Waals surface area (Å²) < 4.78 is 0. The van der Waals surface area contributed by atoms with Gasteiger partial charge < -0.3 is 10.2 Å². The highest BCUT2D eigenvalue weighted by Crippen LogP contribution is 2.30. The summed E-state index contributed by atoms with van der Waals surface area (Å²) in [5.74, 6) is -0.915. The summed E-state index contributed by atoms with van der Waals surface area (Å²) in [6.07, 6.45) is 0. The van der Waals surface area contributed by atoms with Crippen LogP contribution in [0.3, 0.4) is 0 Å². The van der Waals surface area contributed by atoms with Crippen molar-refractivity contribution in [3.8, 4) is 0 Å². The van der Waals surface area contributed by atoms with Gasteiger partial charge in [-0.1, -0.05) is 29.8 Å². The Morgan fingerprint density at radius 2 is 1.78 bits per heavy atom. The summed E-state index contributed by atoms with van der Waals surface area (Å²) in [4.78, 5) is 26.3. The zero-order chi connectivity index (χ0) is 19.8. The summed E-state index contributed by atoms with van der Waals surface area (Å²) >= 11 is 6.34. The maximum Gasteiger partial charge on any atom is 0.258 e. The lowest BCUT2D eigenvalue weighted by molar-refractivity contribution is -0.126. The van der Waals surface area contributed by atoms with Crippen LogP contribution in [0.25, 0.3) is 0 Å². The number of Topliss-reactive ketones (excluding diaryl/α,β-unsaturated/α-hetero) is 1. The van der Waals surface area contributed by atoms with Gasteiger partial charge in [-0.25, -0.2) is 0 Å². The van der Waals surface area contributed by atoms with Crippen molar-refractivity contribution in [2.24, 2.45) is 10.2 Å². The Hall–Kier alpha value is -2.73. The van der Waals surface area contributed by atoms with E-state index in [0.29, 0.717) is 16.4 Å². The van der Waals surface area contributed by atoms with Crippen LogP contribution in [0.5, 0.6) is 0 Å². The molecule has 1 unspecified atom stereocenters. The summed E-state index contributed by atoms with van der Waals surface area (Å²) in [6, 6.07) is 13.0.